The van der Waals surface area contributed by atoms with Crippen molar-refractivity contribution >= 4 is 35.4 Å². The monoisotopic (exact) mass is 1900 g/mol. The van der Waals surface area contributed by atoms with Gasteiger partial charge < -0.3 is 87.6 Å². The first kappa shape index (κ1) is 102. The number of nitrogens with zero attached hydrogens (tertiary/aromatic N) is 4. The number of pyridine rings is 4. The number of aromatic nitrogens is 4. The molecule has 0 saturated heterocycles. The molecular formula is C112H124N8O20. The number of ketones is 1. The lowest BCUT2D eigenvalue weighted by Crippen LogP contribution is -2.40. The number of unbranched alkanes of at least 4 members (excludes halogenated alkanes) is 4. The summed E-state index contributed by atoms with van der Waals surface area (Å²) in [6.45, 7) is 14.9. The van der Waals surface area contributed by atoms with E-state index in [2.05, 4.69) is 35.1 Å². The summed E-state index contributed by atoms with van der Waals surface area (Å²) in [5.41, 5.74) is 6.92. The zero-order valence-corrected chi connectivity index (χ0v) is 80.2. The minimum absolute atomic E-state index is 0.0517. The Bertz CT molecular complexity index is 6450. The number of rotatable bonds is 41. The summed E-state index contributed by atoms with van der Waals surface area (Å²) in [7, 11) is 0. The van der Waals surface area contributed by atoms with Crippen LogP contribution >= 0.6 is 0 Å². The lowest BCUT2D eigenvalue weighted by atomic mass is 10.0. The van der Waals surface area contributed by atoms with Crippen LogP contribution in [0.5, 0.6) is 46.0 Å². The second kappa shape index (κ2) is 50.8. The van der Waals surface area contributed by atoms with Gasteiger partial charge in [0.15, 0.2) is 51.8 Å². The van der Waals surface area contributed by atoms with E-state index in [1.807, 2.05) is 186 Å². The van der Waals surface area contributed by atoms with Crippen LogP contribution in [0.25, 0.3) is 0 Å². The molecule has 0 aliphatic carbocycles. The Labute approximate surface area is 814 Å². The molecule has 9 atom stereocenters. The van der Waals surface area contributed by atoms with Gasteiger partial charge in [0.25, 0.3) is 22.2 Å². The minimum Gasteiger partial charge on any atom is -0.481 e. The van der Waals surface area contributed by atoms with E-state index < -0.39 is 53.7 Å². The standard InChI is InChI=1S/C28H30N2O6.C28H32N2O5.C28H30N2O5.C28H32N2O4/c1-2-3-11-23(30-14-7-10-21(28(30)34)15-19-8-5-4-6-9-19)27(33)29-22(17-26(31)32)20-12-13-24-25(16-20)36-18-35-24;2*1-3-5-13-23(27(32)29-22(4-2)20-14-15-24-25(17-20)35-18-34-24)30-16-9-12-21(28(30)33)26(31)19-10-7-6-8-11-19;1-3-5-13-24(30-16-9-12-22(28(30)32)17-20-10-7-6-8-11-20)27(31)29-23(4-2)21-14-15-25-26(18-21)34-19-33-25/h4-10,12-14,16,22-23H,2-3,11,15,17-18H2,1H3,(H,29,33)(H,31,32);6-12,14-17,22-23,26,31H,3-5,13,18H2,1-2H3,(H,29,32);6-12,14-17,22-23H,3-5,13,18H2,1-2H3,(H,29,32);6-12,14-16,18,23-24H,3-5,13,17,19H2,1-2H3,(H,29,31)/t22-,23-;22-,23-,26?;22-,23-;23-,24-/m0000/s1. The molecule has 0 bridgehead atoms. The molecule has 4 aromatic heterocycles. The number of fused-ring (bicyclic) bond motifs is 4. The normalized spacial score (nSPS) is 14.1. The Morgan fingerprint density at radius 3 is 0.964 bits per heavy atom. The van der Waals surface area contributed by atoms with Crippen LogP contribution < -0.4 is 81.4 Å². The summed E-state index contributed by atoms with van der Waals surface area (Å²) in [6.07, 6.45) is 17.0. The minimum atomic E-state index is -1.07. The van der Waals surface area contributed by atoms with E-state index in [0.29, 0.717) is 125 Å². The molecule has 28 heteroatoms. The zero-order chi connectivity index (χ0) is 99.0. The fourth-order valence-corrected chi connectivity index (χ4v) is 17.4. The number of hydrogen-bond acceptors (Lipinski definition) is 19. The highest BCUT2D eigenvalue weighted by molar-refractivity contribution is 6.08. The topological polar surface area (TPSA) is 353 Å². The van der Waals surface area contributed by atoms with E-state index in [0.717, 1.165) is 85.6 Å². The molecule has 0 spiro atoms. The second-order valence-corrected chi connectivity index (χ2v) is 34.8. The van der Waals surface area contributed by atoms with E-state index in [1.165, 1.54) is 19.8 Å². The Morgan fingerprint density at radius 2 is 0.621 bits per heavy atom. The molecule has 16 rings (SSSR count). The van der Waals surface area contributed by atoms with Crippen molar-refractivity contribution in [3.05, 3.63) is 376 Å². The summed E-state index contributed by atoms with van der Waals surface area (Å²) in [6, 6.07) is 69.0. The van der Waals surface area contributed by atoms with Crippen molar-refractivity contribution in [3.8, 4) is 46.0 Å². The first-order valence-electron chi connectivity index (χ1n) is 48.4. The van der Waals surface area contributed by atoms with Crippen LogP contribution in [0, 0.1) is 0 Å². The quantitative estimate of drug-likeness (QED) is 0.0194. The highest BCUT2D eigenvalue weighted by Crippen LogP contribution is 2.40. The van der Waals surface area contributed by atoms with Crippen LogP contribution in [0.3, 0.4) is 0 Å². The van der Waals surface area contributed by atoms with Gasteiger partial charge in [-0.15, -0.1) is 0 Å². The predicted octanol–water partition coefficient (Wildman–Crippen LogP) is 18.9. The van der Waals surface area contributed by atoms with Crippen molar-refractivity contribution < 1.29 is 76.9 Å². The van der Waals surface area contributed by atoms with Gasteiger partial charge in [0, 0.05) is 54.3 Å². The van der Waals surface area contributed by atoms with Crippen LogP contribution in [0.15, 0.2) is 287 Å². The molecule has 4 aliphatic heterocycles. The van der Waals surface area contributed by atoms with Crippen LogP contribution in [0.2, 0.25) is 0 Å². The maximum absolute atomic E-state index is 13.6. The molecule has 4 amide bonds. The lowest BCUT2D eigenvalue weighted by molar-refractivity contribution is -0.138. The first-order chi connectivity index (χ1) is 68.1. The fraction of sp³-hybridized carbons (Fsp3) is 0.339. The third-order valence-corrected chi connectivity index (χ3v) is 25.2. The van der Waals surface area contributed by atoms with Gasteiger partial charge in [0.05, 0.1) is 41.7 Å². The third-order valence-electron chi connectivity index (χ3n) is 25.2. The van der Waals surface area contributed by atoms with E-state index in [-0.39, 0.29) is 103 Å². The Hall–Kier alpha value is -15.1. The number of carboxylic acids is 1. The average Bonchev–Trinajstić information content (AvgIpc) is 1.33. The van der Waals surface area contributed by atoms with Crippen molar-refractivity contribution in [1.29, 1.82) is 0 Å². The molecule has 4 aliphatic rings. The molecule has 0 saturated carbocycles. The highest BCUT2D eigenvalue weighted by Gasteiger charge is 2.34. The highest BCUT2D eigenvalue weighted by atomic mass is 16.7. The van der Waals surface area contributed by atoms with Gasteiger partial charge in [-0.25, -0.2) is 0 Å². The first-order valence-corrected chi connectivity index (χ1v) is 48.4. The Balaban J connectivity index is 0.000000157. The number of carbonyl (C=O) groups excluding carboxylic acids is 5. The number of benzene rings is 8. The number of ether oxygens (including phenoxy) is 8. The number of aliphatic hydroxyl groups excluding tert-OH is 1. The summed E-state index contributed by atoms with van der Waals surface area (Å²) in [4.78, 5) is 132. The van der Waals surface area contributed by atoms with Gasteiger partial charge in [-0.3, -0.25) is 47.9 Å². The number of aliphatic carboxylic acids is 1. The number of carboxylic acid groups (broad SMARTS) is 1. The largest absolute Gasteiger partial charge is 0.481 e. The summed E-state index contributed by atoms with van der Waals surface area (Å²) < 4.78 is 49.4. The van der Waals surface area contributed by atoms with Gasteiger partial charge in [-0.2, -0.15) is 0 Å². The van der Waals surface area contributed by atoms with Gasteiger partial charge in [0.2, 0.25) is 50.8 Å². The Morgan fingerprint density at radius 1 is 0.321 bits per heavy atom. The number of nitrogens with one attached hydrogen (secondary N) is 4. The Kier molecular flexibility index (Phi) is 37.2. The number of carbonyl (C=O) groups is 6. The molecule has 0 fully saturated rings. The van der Waals surface area contributed by atoms with Gasteiger partial charge in [0.1, 0.15) is 30.3 Å². The van der Waals surface area contributed by atoms with Gasteiger partial charge >= 0.3 is 5.97 Å². The number of aliphatic hydroxyl groups is 1. The van der Waals surface area contributed by atoms with E-state index in [4.69, 9.17) is 37.9 Å². The van der Waals surface area contributed by atoms with E-state index in [9.17, 15) is 58.2 Å². The smallest absolute Gasteiger partial charge is 0.305 e. The van der Waals surface area contributed by atoms with E-state index >= 15 is 0 Å². The van der Waals surface area contributed by atoms with Crippen molar-refractivity contribution in [1.82, 2.24) is 39.5 Å². The average molecular weight is 1900 g/mol. The van der Waals surface area contributed by atoms with Crippen LogP contribution in [0.1, 0.15) is 277 Å². The summed E-state index contributed by atoms with van der Waals surface area (Å²) in [5.74, 6) is 2.75. The van der Waals surface area contributed by atoms with Crippen molar-refractivity contribution in [2.24, 2.45) is 0 Å². The third kappa shape index (κ3) is 26.4. The van der Waals surface area contributed by atoms with Crippen LogP contribution in [0.4, 0.5) is 0 Å². The molecule has 0 radical (unpaired) electrons. The predicted molar refractivity (Wildman–Crippen MR) is 533 cm³/mol. The molecule has 140 heavy (non-hydrogen) atoms. The van der Waals surface area contributed by atoms with Crippen molar-refractivity contribution in [3.63, 3.8) is 0 Å². The second-order valence-electron chi connectivity index (χ2n) is 34.8. The molecule has 1 unspecified atom stereocenters. The molecular weight excluding hydrogens is 1780 g/mol. The fourth-order valence-electron chi connectivity index (χ4n) is 17.4. The molecule has 28 nitrogen and oxygen atoms in total. The molecule has 6 N–H and O–H groups in total. The summed E-state index contributed by atoms with van der Waals surface area (Å²) >= 11 is 0. The van der Waals surface area contributed by atoms with E-state index in [1.54, 1.807) is 114 Å². The van der Waals surface area contributed by atoms with Crippen LogP contribution in [-0.2, 0) is 36.8 Å². The number of amides is 4. The maximum Gasteiger partial charge on any atom is 0.305 e. The van der Waals surface area contributed by atoms with Crippen LogP contribution in [-0.4, -0.2) is 91.0 Å². The molecule has 8 heterocycles. The molecule has 8 aromatic carbocycles. The lowest BCUT2D eigenvalue weighted by Gasteiger charge is -2.25. The molecule has 12 aromatic rings. The van der Waals surface area contributed by atoms with Crippen molar-refractivity contribution in [2.45, 2.75) is 218 Å². The van der Waals surface area contributed by atoms with Crippen molar-refractivity contribution in [2.75, 3.05) is 27.2 Å². The SMILES string of the molecule is CCCC[C@@H](C(=O)N[C@@H](CC(=O)O)c1ccc2c(c1)OCO2)n1cccc(Cc2ccccc2)c1=O.CCCC[C@@H](C(=O)N[C@@H](CC)c1ccc2c(c1)OCO2)n1cccc(C(=O)c2ccccc2)c1=O.CCCC[C@@H](C(=O)N[C@@H](CC)c1ccc2c(c1)OCO2)n1cccc(C(O)c2ccccc2)c1=O.CCCC[C@@H](C(=O)N[C@@H](CC)c1ccc2c(c1)OCO2)n1cccc(Cc2ccccc2)c1=O. The zero-order valence-electron chi connectivity index (χ0n) is 80.2. The molecule has 732 valence electrons. The number of hydrogen-bond donors (Lipinski definition) is 6. The van der Waals surface area contributed by atoms with Gasteiger partial charge in [-0.05, 0) is 169 Å². The summed E-state index contributed by atoms with van der Waals surface area (Å²) in [5, 5.41) is 32.7. The maximum atomic E-state index is 13.6. The van der Waals surface area contributed by atoms with Gasteiger partial charge in [-0.1, -0.05) is 258 Å².